The van der Waals surface area contributed by atoms with Crippen molar-refractivity contribution in [1.82, 2.24) is 9.55 Å². The number of ether oxygens (including phenoxy) is 2. The molecule has 190 valence electrons. The van der Waals surface area contributed by atoms with Crippen molar-refractivity contribution < 1.29 is 31.9 Å². The molecule has 2 heterocycles. The fraction of sp³-hybridized carbons (Fsp3) is 0.333. The number of hydrogen-bond acceptors (Lipinski definition) is 5. The Balaban J connectivity index is 1.57. The minimum atomic E-state index is -4.40. The molecule has 6 nitrogen and oxygen atoms in total. The van der Waals surface area contributed by atoms with Gasteiger partial charge in [-0.3, -0.25) is 0 Å². The quantitative estimate of drug-likeness (QED) is 0.257. The van der Waals surface area contributed by atoms with Crippen LogP contribution >= 0.6 is 0 Å². The molecule has 0 bridgehead atoms. The summed E-state index contributed by atoms with van der Waals surface area (Å²) >= 11 is 0. The Morgan fingerprint density at radius 2 is 1.83 bits per heavy atom. The summed E-state index contributed by atoms with van der Waals surface area (Å²) in [6, 6.07) is 12.6. The number of esters is 1. The van der Waals surface area contributed by atoms with Gasteiger partial charge < -0.3 is 18.5 Å². The number of benzene rings is 2. The Morgan fingerprint density at radius 3 is 2.50 bits per heavy atom. The van der Waals surface area contributed by atoms with Gasteiger partial charge in [0.15, 0.2) is 6.10 Å². The third-order valence-electron chi connectivity index (χ3n) is 5.90. The number of fused-ring (bicyclic) bond motifs is 1. The average molecular weight is 501 g/mol. The Kier molecular flexibility index (Phi) is 7.49. The predicted octanol–water partition coefficient (Wildman–Crippen LogP) is 6.18. The molecule has 0 fully saturated rings. The highest BCUT2D eigenvalue weighted by atomic mass is 19.4. The normalized spacial score (nSPS) is 12.7. The molecular formula is C27H27F3N2O4. The standard InChI is InChI=1S/C27H27F3N2O4/c1-4-34-24(26(33)35-5-2)15-19-7-6-8-23-21(19)13-14-32(23)16-22-17(3)36-25(31-22)18-9-11-20(12-10-18)27(28,29)30/h6-14,24H,4-5,15-16H2,1-3H3. The van der Waals surface area contributed by atoms with Crippen LogP contribution in [0.25, 0.3) is 22.4 Å². The van der Waals surface area contributed by atoms with Crippen LogP contribution in [0.4, 0.5) is 13.2 Å². The summed E-state index contributed by atoms with van der Waals surface area (Å²) in [6.45, 7) is 6.47. The zero-order chi connectivity index (χ0) is 25.9. The second-order valence-electron chi connectivity index (χ2n) is 8.29. The topological polar surface area (TPSA) is 66.5 Å². The van der Waals surface area contributed by atoms with E-state index in [9.17, 15) is 18.0 Å². The van der Waals surface area contributed by atoms with Crippen molar-refractivity contribution in [3.8, 4) is 11.5 Å². The maximum Gasteiger partial charge on any atom is 0.416 e. The van der Waals surface area contributed by atoms with Gasteiger partial charge in [-0.25, -0.2) is 9.78 Å². The highest BCUT2D eigenvalue weighted by molar-refractivity contribution is 5.85. The van der Waals surface area contributed by atoms with E-state index in [1.165, 1.54) is 12.1 Å². The molecule has 36 heavy (non-hydrogen) atoms. The molecule has 1 atom stereocenters. The lowest BCUT2D eigenvalue weighted by atomic mass is 10.0. The zero-order valence-electron chi connectivity index (χ0n) is 20.3. The van der Waals surface area contributed by atoms with Gasteiger partial charge in [-0.2, -0.15) is 13.2 Å². The highest BCUT2D eigenvalue weighted by Gasteiger charge is 2.30. The fourth-order valence-electron chi connectivity index (χ4n) is 4.11. The average Bonchev–Trinajstić information content (AvgIpc) is 3.43. The van der Waals surface area contributed by atoms with Crippen LogP contribution in [0.15, 0.2) is 59.1 Å². The van der Waals surface area contributed by atoms with E-state index in [2.05, 4.69) is 4.98 Å². The van der Waals surface area contributed by atoms with Crippen LogP contribution in [0.2, 0.25) is 0 Å². The van der Waals surface area contributed by atoms with Gasteiger partial charge in [-0.05, 0) is 62.7 Å². The van der Waals surface area contributed by atoms with E-state index in [0.29, 0.717) is 36.6 Å². The van der Waals surface area contributed by atoms with E-state index in [-0.39, 0.29) is 18.5 Å². The number of oxazole rings is 1. The first-order valence-electron chi connectivity index (χ1n) is 11.7. The first-order valence-corrected chi connectivity index (χ1v) is 11.7. The van der Waals surface area contributed by atoms with Crippen molar-refractivity contribution in [2.24, 2.45) is 0 Å². The van der Waals surface area contributed by atoms with E-state index in [0.717, 1.165) is 28.6 Å². The minimum Gasteiger partial charge on any atom is -0.464 e. The summed E-state index contributed by atoms with van der Waals surface area (Å²) in [7, 11) is 0. The lowest BCUT2D eigenvalue weighted by molar-refractivity contribution is -0.156. The molecule has 4 aromatic rings. The molecule has 1 unspecified atom stereocenters. The number of carbonyl (C=O) groups excluding carboxylic acids is 1. The lowest BCUT2D eigenvalue weighted by Crippen LogP contribution is -2.29. The molecule has 4 rings (SSSR count). The van der Waals surface area contributed by atoms with E-state index in [4.69, 9.17) is 13.9 Å². The maximum absolute atomic E-state index is 12.9. The lowest BCUT2D eigenvalue weighted by Gasteiger charge is -2.16. The van der Waals surface area contributed by atoms with Crippen LogP contribution < -0.4 is 0 Å². The molecule has 0 radical (unpaired) electrons. The Bertz CT molecular complexity index is 1340. The molecule has 0 aliphatic heterocycles. The molecule has 0 saturated heterocycles. The minimum absolute atomic E-state index is 0.266. The summed E-state index contributed by atoms with van der Waals surface area (Å²) in [4.78, 5) is 16.9. The number of alkyl halides is 3. The summed E-state index contributed by atoms with van der Waals surface area (Å²) in [5.74, 6) is 0.466. The van der Waals surface area contributed by atoms with Gasteiger partial charge in [0.25, 0.3) is 0 Å². The van der Waals surface area contributed by atoms with Gasteiger partial charge in [-0.1, -0.05) is 12.1 Å². The fourth-order valence-corrected chi connectivity index (χ4v) is 4.11. The second kappa shape index (κ2) is 10.6. The summed E-state index contributed by atoms with van der Waals surface area (Å²) in [5, 5.41) is 0.982. The molecule has 9 heteroatoms. The number of carbonyl (C=O) groups is 1. The van der Waals surface area contributed by atoms with Gasteiger partial charge in [0.1, 0.15) is 11.5 Å². The number of aryl methyl sites for hydroxylation is 1. The molecule has 0 aliphatic carbocycles. The molecule has 0 aliphatic rings. The van der Waals surface area contributed by atoms with Gasteiger partial charge in [-0.15, -0.1) is 0 Å². The van der Waals surface area contributed by atoms with Gasteiger partial charge >= 0.3 is 12.1 Å². The highest BCUT2D eigenvalue weighted by Crippen LogP contribution is 2.31. The Labute approximate surface area is 206 Å². The van der Waals surface area contributed by atoms with E-state index < -0.39 is 17.8 Å². The Morgan fingerprint density at radius 1 is 1.08 bits per heavy atom. The van der Waals surface area contributed by atoms with E-state index >= 15 is 0 Å². The first kappa shape index (κ1) is 25.5. The smallest absolute Gasteiger partial charge is 0.416 e. The third-order valence-corrected chi connectivity index (χ3v) is 5.90. The van der Waals surface area contributed by atoms with Crippen LogP contribution in [0.5, 0.6) is 0 Å². The number of aromatic nitrogens is 2. The summed E-state index contributed by atoms with van der Waals surface area (Å²) < 4.78 is 57.2. The molecule has 2 aromatic carbocycles. The van der Waals surface area contributed by atoms with Crippen LogP contribution in [-0.2, 0) is 33.4 Å². The number of halogens is 3. The summed E-state index contributed by atoms with van der Waals surface area (Å²) in [6.07, 6.45) is -2.77. The second-order valence-corrected chi connectivity index (χ2v) is 8.29. The van der Waals surface area contributed by atoms with Crippen molar-refractivity contribution >= 4 is 16.9 Å². The zero-order valence-corrected chi connectivity index (χ0v) is 20.3. The van der Waals surface area contributed by atoms with Gasteiger partial charge in [0, 0.05) is 35.7 Å². The molecular weight excluding hydrogens is 473 g/mol. The molecule has 0 amide bonds. The van der Waals surface area contributed by atoms with Crippen LogP contribution in [-0.4, -0.2) is 34.8 Å². The first-order chi connectivity index (χ1) is 17.2. The number of hydrogen-bond donors (Lipinski definition) is 0. The van der Waals surface area contributed by atoms with E-state index in [1.54, 1.807) is 13.8 Å². The molecule has 0 saturated carbocycles. The van der Waals surface area contributed by atoms with Crippen molar-refractivity contribution in [3.63, 3.8) is 0 Å². The van der Waals surface area contributed by atoms with Gasteiger partial charge in [0.05, 0.1) is 18.7 Å². The molecule has 0 N–H and O–H groups in total. The monoisotopic (exact) mass is 500 g/mol. The van der Waals surface area contributed by atoms with Crippen molar-refractivity contribution in [1.29, 1.82) is 0 Å². The van der Waals surface area contributed by atoms with Gasteiger partial charge in [0.2, 0.25) is 5.89 Å². The maximum atomic E-state index is 12.9. The molecule has 2 aromatic heterocycles. The SMILES string of the molecule is CCOC(=O)C(Cc1cccc2c1ccn2Cc1nc(-c2ccc(C(F)(F)F)cc2)oc1C)OCC. The third kappa shape index (κ3) is 5.46. The van der Waals surface area contributed by atoms with Crippen molar-refractivity contribution in [3.05, 3.63) is 77.3 Å². The van der Waals surface area contributed by atoms with Crippen LogP contribution in [0, 0.1) is 6.92 Å². The van der Waals surface area contributed by atoms with E-state index in [1.807, 2.05) is 42.0 Å². The van der Waals surface area contributed by atoms with Crippen molar-refractivity contribution in [2.45, 2.75) is 46.0 Å². The number of rotatable bonds is 9. The van der Waals surface area contributed by atoms with Crippen molar-refractivity contribution in [2.75, 3.05) is 13.2 Å². The largest absolute Gasteiger partial charge is 0.464 e. The summed E-state index contributed by atoms with van der Waals surface area (Å²) in [5.41, 5.74) is 2.33. The van der Waals surface area contributed by atoms with Crippen LogP contribution in [0.1, 0.15) is 36.4 Å². The molecule has 0 spiro atoms. The predicted molar refractivity (Wildman–Crippen MR) is 128 cm³/mol. The number of nitrogens with zero attached hydrogens (tertiary/aromatic N) is 2. The Hall–Kier alpha value is -3.59. The van der Waals surface area contributed by atoms with Crippen LogP contribution in [0.3, 0.4) is 0 Å².